The zero-order chi connectivity index (χ0) is 13.9. The van der Waals surface area contributed by atoms with Crippen LogP contribution in [0.4, 0.5) is 14.9 Å². The zero-order valence-electron chi connectivity index (χ0n) is 11.5. The van der Waals surface area contributed by atoms with Gasteiger partial charge in [-0.1, -0.05) is 12.1 Å². The first-order chi connectivity index (χ1) is 9.74. The summed E-state index contributed by atoms with van der Waals surface area (Å²) in [7, 11) is 0. The minimum Gasteiger partial charge on any atom is -0.366 e. The number of para-hydroxylation sites is 1. The van der Waals surface area contributed by atoms with Gasteiger partial charge < -0.3 is 15.1 Å². The molecule has 1 aliphatic carbocycles. The molecule has 1 aromatic rings. The zero-order valence-corrected chi connectivity index (χ0v) is 11.5. The maximum absolute atomic E-state index is 13.7. The molecule has 2 fully saturated rings. The minimum absolute atomic E-state index is 0.0186. The molecule has 0 unspecified atom stereocenters. The molecule has 0 atom stereocenters. The van der Waals surface area contributed by atoms with Crippen molar-refractivity contribution < 1.29 is 9.18 Å². The lowest BCUT2D eigenvalue weighted by Gasteiger charge is -2.36. The fourth-order valence-corrected chi connectivity index (χ4v) is 2.52. The minimum atomic E-state index is -0.195. The SMILES string of the molecule is O=C(NCC1CC1)N1CCN(c2ccccc2F)CC1. The maximum Gasteiger partial charge on any atom is 0.317 e. The third-order valence-corrected chi connectivity index (χ3v) is 4.00. The second-order valence-electron chi connectivity index (χ2n) is 5.55. The highest BCUT2D eigenvalue weighted by Gasteiger charge is 2.25. The number of hydrogen-bond donors (Lipinski definition) is 1. The van der Waals surface area contributed by atoms with E-state index >= 15 is 0 Å². The van der Waals surface area contributed by atoms with Gasteiger partial charge in [-0.3, -0.25) is 0 Å². The second kappa shape index (κ2) is 5.69. The number of carbonyl (C=O) groups is 1. The Balaban J connectivity index is 1.51. The Morgan fingerprint density at radius 3 is 2.55 bits per heavy atom. The number of halogens is 1. The molecule has 0 spiro atoms. The van der Waals surface area contributed by atoms with Crippen LogP contribution in [0.15, 0.2) is 24.3 Å². The Kier molecular flexibility index (Phi) is 3.76. The lowest BCUT2D eigenvalue weighted by Crippen LogP contribution is -2.52. The van der Waals surface area contributed by atoms with Crippen molar-refractivity contribution in [3.8, 4) is 0 Å². The fourth-order valence-electron chi connectivity index (χ4n) is 2.52. The smallest absolute Gasteiger partial charge is 0.317 e. The number of hydrogen-bond acceptors (Lipinski definition) is 2. The van der Waals surface area contributed by atoms with Gasteiger partial charge in [-0.2, -0.15) is 0 Å². The number of benzene rings is 1. The van der Waals surface area contributed by atoms with Gasteiger partial charge >= 0.3 is 6.03 Å². The van der Waals surface area contributed by atoms with E-state index < -0.39 is 0 Å². The molecular formula is C15H20FN3O. The number of carbonyl (C=O) groups excluding carboxylic acids is 1. The Morgan fingerprint density at radius 2 is 1.90 bits per heavy atom. The summed E-state index contributed by atoms with van der Waals surface area (Å²) in [6.07, 6.45) is 2.47. The van der Waals surface area contributed by atoms with E-state index in [4.69, 9.17) is 0 Å². The van der Waals surface area contributed by atoms with Crippen molar-refractivity contribution in [1.29, 1.82) is 0 Å². The molecular weight excluding hydrogens is 257 g/mol. The van der Waals surface area contributed by atoms with Gasteiger partial charge in [0.2, 0.25) is 0 Å². The van der Waals surface area contributed by atoms with Crippen molar-refractivity contribution in [3.63, 3.8) is 0 Å². The van der Waals surface area contributed by atoms with Crippen molar-refractivity contribution in [2.24, 2.45) is 5.92 Å². The van der Waals surface area contributed by atoms with Crippen molar-refractivity contribution in [1.82, 2.24) is 10.2 Å². The van der Waals surface area contributed by atoms with Crippen LogP contribution in [-0.2, 0) is 0 Å². The van der Waals surface area contributed by atoms with Crippen molar-refractivity contribution in [2.45, 2.75) is 12.8 Å². The molecule has 20 heavy (non-hydrogen) atoms. The fraction of sp³-hybridized carbons (Fsp3) is 0.533. The van der Waals surface area contributed by atoms with Gasteiger partial charge in [-0.15, -0.1) is 0 Å². The molecule has 1 aromatic carbocycles. The average Bonchev–Trinajstić information content (AvgIpc) is 3.30. The standard InChI is InChI=1S/C15H20FN3O/c16-13-3-1-2-4-14(13)18-7-9-19(10-8-18)15(20)17-11-12-5-6-12/h1-4,12H,5-11H2,(H,17,20). The van der Waals surface area contributed by atoms with E-state index in [2.05, 4.69) is 5.32 Å². The van der Waals surface area contributed by atoms with Gasteiger partial charge in [0.25, 0.3) is 0 Å². The average molecular weight is 277 g/mol. The molecule has 3 rings (SSSR count). The van der Waals surface area contributed by atoms with Crippen LogP contribution in [0.2, 0.25) is 0 Å². The highest BCUT2D eigenvalue weighted by molar-refractivity contribution is 5.74. The van der Waals surface area contributed by atoms with Crippen LogP contribution in [0.1, 0.15) is 12.8 Å². The number of amides is 2. The summed E-state index contributed by atoms with van der Waals surface area (Å²) in [4.78, 5) is 15.8. The van der Waals surface area contributed by atoms with Gasteiger partial charge in [0.05, 0.1) is 5.69 Å². The summed E-state index contributed by atoms with van der Waals surface area (Å²) in [5, 5.41) is 2.97. The lowest BCUT2D eigenvalue weighted by atomic mass is 10.2. The molecule has 1 heterocycles. The van der Waals surface area contributed by atoms with Crippen molar-refractivity contribution in [3.05, 3.63) is 30.1 Å². The molecule has 0 bridgehead atoms. The first-order valence-corrected chi connectivity index (χ1v) is 7.26. The molecule has 1 saturated carbocycles. The van der Waals surface area contributed by atoms with E-state index in [0.717, 1.165) is 6.54 Å². The largest absolute Gasteiger partial charge is 0.366 e. The molecule has 108 valence electrons. The van der Waals surface area contributed by atoms with Crippen LogP contribution >= 0.6 is 0 Å². The summed E-state index contributed by atoms with van der Waals surface area (Å²) in [6.45, 7) is 3.44. The van der Waals surface area contributed by atoms with Crippen molar-refractivity contribution >= 4 is 11.7 Å². The Labute approximate surface area is 118 Å². The van der Waals surface area contributed by atoms with Gasteiger partial charge in [-0.05, 0) is 30.9 Å². The monoisotopic (exact) mass is 277 g/mol. The number of nitrogens with one attached hydrogen (secondary N) is 1. The summed E-state index contributed by atoms with van der Waals surface area (Å²) < 4.78 is 13.7. The lowest BCUT2D eigenvalue weighted by molar-refractivity contribution is 0.194. The normalized spacial score (nSPS) is 19.1. The van der Waals surface area contributed by atoms with Gasteiger partial charge in [0, 0.05) is 32.7 Å². The molecule has 5 heteroatoms. The highest BCUT2D eigenvalue weighted by atomic mass is 19.1. The predicted octanol–water partition coefficient (Wildman–Crippen LogP) is 2.07. The molecule has 4 nitrogen and oxygen atoms in total. The quantitative estimate of drug-likeness (QED) is 0.918. The Bertz CT molecular complexity index is 482. The van der Waals surface area contributed by atoms with Gasteiger partial charge in [0.1, 0.15) is 5.82 Å². The predicted molar refractivity (Wildman–Crippen MR) is 76.3 cm³/mol. The summed E-state index contributed by atoms with van der Waals surface area (Å²) in [5.41, 5.74) is 0.630. The summed E-state index contributed by atoms with van der Waals surface area (Å²) in [6, 6.07) is 6.82. The topological polar surface area (TPSA) is 35.6 Å². The van der Waals surface area contributed by atoms with Crippen LogP contribution in [0.25, 0.3) is 0 Å². The van der Waals surface area contributed by atoms with Crippen LogP contribution in [0, 0.1) is 11.7 Å². The Hall–Kier alpha value is -1.78. The third kappa shape index (κ3) is 3.03. The first kappa shape index (κ1) is 13.2. The van der Waals surface area contributed by atoms with E-state index in [9.17, 15) is 9.18 Å². The third-order valence-electron chi connectivity index (χ3n) is 4.00. The summed E-state index contributed by atoms with van der Waals surface area (Å²) in [5.74, 6) is 0.498. The number of anilines is 1. The van der Waals surface area contributed by atoms with Gasteiger partial charge in [-0.25, -0.2) is 9.18 Å². The number of rotatable bonds is 3. The maximum atomic E-state index is 13.7. The highest BCUT2D eigenvalue weighted by Crippen LogP contribution is 2.27. The summed E-state index contributed by atoms with van der Waals surface area (Å²) >= 11 is 0. The van der Waals surface area contributed by atoms with E-state index in [1.807, 2.05) is 15.9 Å². The van der Waals surface area contributed by atoms with Crippen LogP contribution < -0.4 is 10.2 Å². The molecule has 2 amide bonds. The Morgan fingerprint density at radius 1 is 1.20 bits per heavy atom. The molecule has 1 N–H and O–H groups in total. The van der Waals surface area contributed by atoms with Crippen LogP contribution in [0.5, 0.6) is 0 Å². The van der Waals surface area contributed by atoms with E-state index in [1.165, 1.54) is 18.9 Å². The van der Waals surface area contributed by atoms with Crippen LogP contribution in [-0.4, -0.2) is 43.7 Å². The second-order valence-corrected chi connectivity index (χ2v) is 5.55. The van der Waals surface area contributed by atoms with E-state index in [0.29, 0.717) is 37.8 Å². The molecule has 1 aliphatic heterocycles. The van der Waals surface area contributed by atoms with Crippen LogP contribution in [0.3, 0.4) is 0 Å². The molecule has 2 aliphatic rings. The number of piperazine rings is 1. The molecule has 0 aromatic heterocycles. The molecule has 0 radical (unpaired) electrons. The number of nitrogens with zero attached hydrogens (tertiary/aromatic N) is 2. The number of urea groups is 1. The van der Waals surface area contributed by atoms with Crippen molar-refractivity contribution in [2.75, 3.05) is 37.6 Å². The van der Waals surface area contributed by atoms with Gasteiger partial charge in [0.15, 0.2) is 0 Å². The first-order valence-electron chi connectivity index (χ1n) is 7.26. The molecule has 1 saturated heterocycles. The van der Waals surface area contributed by atoms with E-state index in [1.54, 1.807) is 12.1 Å². The van der Waals surface area contributed by atoms with E-state index in [-0.39, 0.29) is 11.8 Å².